The van der Waals surface area contributed by atoms with E-state index in [2.05, 4.69) is 17.3 Å². The summed E-state index contributed by atoms with van der Waals surface area (Å²) in [7, 11) is 2.07. The second-order valence-corrected chi connectivity index (χ2v) is 7.32. The number of piperazine rings is 1. The summed E-state index contributed by atoms with van der Waals surface area (Å²) in [6.07, 6.45) is 2.90. The number of hydrogen-bond acceptors (Lipinski definition) is 4. The van der Waals surface area contributed by atoms with Gasteiger partial charge in [0.2, 0.25) is 11.8 Å². The molecule has 136 valence electrons. The molecule has 1 heterocycles. The molecular formula is C19H28N4O2. The van der Waals surface area contributed by atoms with Crippen molar-refractivity contribution in [3.63, 3.8) is 0 Å². The SMILES string of the molecule is CN1CCN(C(=O)Cc2cccc(NC(=O)C3CCC(N)C3)c2)CC1. The topological polar surface area (TPSA) is 78.7 Å². The zero-order valence-electron chi connectivity index (χ0n) is 14.9. The minimum atomic E-state index is 0.00521. The summed E-state index contributed by atoms with van der Waals surface area (Å²) in [5, 5.41) is 2.98. The van der Waals surface area contributed by atoms with Crippen molar-refractivity contribution in [3.8, 4) is 0 Å². The molecular weight excluding hydrogens is 316 g/mol. The predicted octanol–water partition coefficient (Wildman–Crippen LogP) is 1.07. The van der Waals surface area contributed by atoms with Crippen molar-refractivity contribution in [3.05, 3.63) is 29.8 Å². The molecule has 0 aromatic heterocycles. The molecule has 0 bridgehead atoms. The van der Waals surface area contributed by atoms with Gasteiger partial charge in [-0.1, -0.05) is 12.1 Å². The van der Waals surface area contributed by atoms with Crippen molar-refractivity contribution >= 4 is 17.5 Å². The van der Waals surface area contributed by atoms with Crippen molar-refractivity contribution < 1.29 is 9.59 Å². The third-order valence-corrected chi connectivity index (χ3v) is 5.25. The molecule has 25 heavy (non-hydrogen) atoms. The number of carbonyl (C=O) groups excluding carboxylic acids is 2. The Morgan fingerprint density at radius 3 is 2.64 bits per heavy atom. The average molecular weight is 344 g/mol. The molecule has 1 aliphatic carbocycles. The van der Waals surface area contributed by atoms with Gasteiger partial charge in [-0.3, -0.25) is 9.59 Å². The summed E-state index contributed by atoms with van der Waals surface area (Å²) in [4.78, 5) is 28.9. The van der Waals surface area contributed by atoms with Gasteiger partial charge in [-0.25, -0.2) is 0 Å². The predicted molar refractivity (Wildman–Crippen MR) is 98.2 cm³/mol. The van der Waals surface area contributed by atoms with Crippen LogP contribution in [0.3, 0.4) is 0 Å². The highest BCUT2D eigenvalue weighted by Gasteiger charge is 2.27. The van der Waals surface area contributed by atoms with Gasteiger partial charge in [-0.05, 0) is 44.0 Å². The molecule has 2 unspecified atom stereocenters. The zero-order chi connectivity index (χ0) is 17.8. The summed E-state index contributed by atoms with van der Waals surface area (Å²) in [5.41, 5.74) is 7.58. The van der Waals surface area contributed by atoms with Crippen molar-refractivity contribution in [1.29, 1.82) is 0 Å². The molecule has 6 nitrogen and oxygen atoms in total. The Morgan fingerprint density at radius 1 is 1.20 bits per heavy atom. The maximum Gasteiger partial charge on any atom is 0.227 e. The lowest BCUT2D eigenvalue weighted by atomic mass is 10.1. The third kappa shape index (κ3) is 4.80. The number of hydrogen-bond donors (Lipinski definition) is 2. The summed E-state index contributed by atoms with van der Waals surface area (Å²) >= 11 is 0. The average Bonchev–Trinajstić information content (AvgIpc) is 3.02. The van der Waals surface area contributed by atoms with E-state index >= 15 is 0 Å². The lowest BCUT2D eigenvalue weighted by molar-refractivity contribution is -0.132. The van der Waals surface area contributed by atoms with Crippen LogP contribution in [0.1, 0.15) is 24.8 Å². The molecule has 2 amide bonds. The zero-order valence-corrected chi connectivity index (χ0v) is 14.9. The normalized spacial score (nSPS) is 24.3. The second kappa shape index (κ2) is 7.97. The molecule has 3 rings (SSSR count). The van der Waals surface area contributed by atoms with Crippen LogP contribution in [0.5, 0.6) is 0 Å². The Balaban J connectivity index is 1.56. The van der Waals surface area contributed by atoms with E-state index < -0.39 is 0 Å². The molecule has 1 saturated heterocycles. The lowest BCUT2D eigenvalue weighted by Gasteiger charge is -2.32. The van der Waals surface area contributed by atoms with E-state index in [1.807, 2.05) is 29.2 Å². The lowest BCUT2D eigenvalue weighted by Crippen LogP contribution is -2.47. The van der Waals surface area contributed by atoms with E-state index in [-0.39, 0.29) is 23.8 Å². The Kier molecular flexibility index (Phi) is 5.71. The van der Waals surface area contributed by atoms with Gasteiger partial charge in [-0.15, -0.1) is 0 Å². The van der Waals surface area contributed by atoms with Crippen LogP contribution < -0.4 is 11.1 Å². The van der Waals surface area contributed by atoms with Crippen molar-refractivity contribution in [2.75, 3.05) is 38.5 Å². The van der Waals surface area contributed by atoms with E-state index in [0.29, 0.717) is 6.42 Å². The first-order chi connectivity index (χ1) is 12.0. The number of carbonyl (C=O) groups is 2. The molecule has 1 saturated carbocycles. The van der Waals surface area contributed by atoms with E-state index in [1.165, 1.54) is 0 Å². The molecule has 0 radical (unpaired) electrons. The largest absolute Gasteiger partial charge is 0.340 e. The van der Waals surface area contributed by atoms with Gasteiger partial charge in [0.05, 0.1) is 6.42 Å². The fraction of sp³-hybridized carbons (Fsp3) is 0.579. The number of benzene rings is 1. The summed E-state index contributed by atoms with van der Waals surface area (Å²) in [6.45, 7) is 3.41. The Hall–Kier alpha value is -1.92. The minimum absolute atomic E-state index is 0.00521. The fourth-order valence-electron chi connectivity index (χ4n) is 3.60. The highest BCUT2D eigenvalue weighted by atomic mass is 16.2. The van der Waals surface area contributed by atoms with Crippen molar-refractivity contribution in [2.24, 2.45) is 11.7 Å². The van der Waals surface area contributed by atoms with Crippen LogP contribution in [-0.4, -0.2) is 60.9 Å². The Morgan fingerprint density at radius 2 is 1.96 bits per heavy atom. The number of nitrogens with zero attached hydrogens (tertiary/aromatic N) is 2. The van der Waals surface area contributed by atoms with E-state index in [0.717, 1.165) is 56.7 Å². The Labute approximate surface area is 149 Å². The first kappa shape index (κ1) is 17.9. The van der Waals surface area contributed by atoms with Gasteiger partial charge in [0.15, 0.2) is 0 Å². The highest BCUT2D eigenvalue weighted by molar-refractivity contribution is 5.93. The Bertz CT molecular complexity index is 626. The van der Waals surface area contributed by atoms with Gasteiger partial charge in [0.25, 0.3) is 0 Å². The summed E-state index contributed by atoms with van der Waals surface area (Å²) < 4.78 is 0. The van der Waals surface area contributed by atoms with Gasteiger partial charge in [-0.2, -0.15) is 0 Å². The van der Waals surface area contributed by atoms with Crippen LogP contribution in [0.15, 0.2) is 24.3 Å². The highest BCUT2D eigenvalue weighted by Crippen LogP contribution is 2.25. The monoisotopic (exact) mass is 344 g/mol. The maximum absolute atomic E-state index is 12.5. The molecule has 0 spiro atoms. The van der Waals surface area contributed by atoms with Gasteiger partial charge >= 0.3 is 0 Å². The van der Waals surface area contributed by atoms with Crippen molar-refractivity contribution in [2.45, 2.75) is 31.7 Å². The number of rotatable bonds is 4. The first-order valence-electron chi connectivity index (χ1n) is 9.13. The molecule has 1 aromatic carbocycles. The minimum Gasteiger partial charge on any atom is -0.340 e. The third-order valence-electron chi connectivity index (χ3n) is 5.25. The quantitative estimate of drug-likeness (QED) is 0.856. The van der Waals surface area contributed by atoms with Crippen molar-refractivity contribution in [1.82, 2.24) is 9.80 Å². The smallest absolute Gasteiger partial charge is 0.227 e. The van der Waals surface area contributed by atoms with Crippen LogP contribution in [0.25, 0.3) is 0 Å². The second-order valence-electron chi connectivity index (χ2n) is 7.32. The standard InChI is InChI=1S/C19H28N4O2/c1-22-7-9-23(10-8-22)18(24)12-14-3-2-4-17(11-14)21-19(25)15-5-6-16(20)13-15/h2-4,11,15-16H,5-10,12-13,20H2,1H3,(H,21,25). The molecule has 3 N–H and O–H groups in total. The summed E-state index contributed by atoms with van der Waals surface area (Å²) in [5.74, 6) is 0.194. The van der Waals surface area contributed by atoms with Crippen LogP contribution in [0.4, 0.5) is 5.69 Å². The van der Waals surface area contributed by atoms with Gasteiger partial charge in [0.1, 0.15) is 0 Å². The number of amides is 2. The van der Waals surface area contributed by atoms with E-state index in [4.69, 9.17) is 5.73 Å². The number of nitrogens with one attached hydrogen (secondary N) is 1. The number of nitrogens with two attached hydrogens (primary N) is 1. The maximum atomic E-state index is 12.5. The first-order valence-corrected chi connectivity index (χ1v) is 9.13. The fourth-order valence-corrected chi connectivity index (χ4v) is 3.60. The van der Waals surface area contributed by atoms with E-state index in [1.54, 1.807) is 0 Å². The van der Waals surface area contributed by atoms with Gasteiger partial charge < -0.3 is 20.9 Å². The molecule has 1 aliphatic heterocycles. The number of anilines is 1. The number of likely N-dealkylation sites (N-methyl/N-ethyl adjacent to an activating group) is 1. The van der Waals surface area contributed by atoms with Crippen LogP contribution in [-0.2, 0) is 16.0 Å². The summed E-state index contributed by atoms with van der Waals surface area (Å²) in [6, 6.07) is 7.75. The molecule has 1 aromatic rings. The van der Waals surface area contributed by atoms with Crippen LogP contribution >= 0.6 is 0 Å². The molecule has 6 heteroatoms. The molecule has 2 aliphatic rings. The molecule has 2 atom stereocenters. The van der Waals surface area contributed by atoms with Crippen LogP contribution in [0.2, 0.25) is 0 Å². The van der Waals surface area contributed by atoms with Gasteiger partial charge in [0, 0.05) is 43.8 Å². The van der Waals surface area contributed by atoms with Crippen LogP contribution in [0, 0.1) is 5.92 Å². The molecule has 2 fully saturated rings. The van der Waals surface area contributed by atoms with E-state index in [9.17, 15) is 9.59 Å².